The maximum absolute atomic E-state index is 12.6. The van der Waals surface area contributed by atoms with Crippen LogP contribution in [0.5, 0.6) is 11.5 Å². The van der Waals surface area contributed by atoms with Crippen molar-refractivity contribution in [2.75, 3.05) is 20.8 Å². The topological polar surface area (TPSA) is 50.8 Å². The molecule has 3 aromatic rings. The summed E-state index contributed by atoms with van der Waals surface area (Å²) in [6.45, 7) is 3.35. The van der Waals surface area contributed by atoms with E-state index < -0.39 is 0 Å². The molecule has 160 valence electrons. The minimum Gasteiger partial charge on any atom is -0.493 e. The zero-order chi connectivity index (χ0) is 21.6. The number of hydrogen-bond acceptors (Lipinski definition) is 4. The number of methoxy groups -OCH3 is 2. The van der Waals surface area contributed by atoms with Crippen molar-refractivity contribution in [2.45, 2.75) is 26.1 Å². The molecular weight excluding hydrogens is 388 g/mol. The van der Waals surface area contributed by atoms with E-state index in [9.17, 15) is 4.79 Å². The van der Waals surface area contributed by atoms with E-state index >= 15 is 0 Å². The molecule has 1 N–H and O–H groups in total. The summed E-state index contributed by atoms with van der Waals surface area (Å²) >= 11 is 0. The van der Waals surface area contributed by atoms with E-state index in [1.54, 1.807) is 14.2 Å². The van der Waals surface area contributed by atoms with Crippen molar-refractivity contribution >= 4 is 5.91 Å². The zero-order valence-corrected chi connectivity index (χ0v) is 18.1. The van der Waals surface area contributed by atoms with Crippen molar-refractivity contribution in [2.24, 2.45) is 0 Å². The van der Waals surface area contributed by atoms with Crippen molar-refractivity contribution in [3.05, 3.63) is 94.5 Å². The van der Waals surface area contributed by atoms with Gasteiger partial charge < -0.3 is 14.8 Å². The summed E-state index contributed by atoms with van der Waals surface area (Å²) in [4.78, 5) is 15.0. The summed E-state index contributed by atoms with van der Waals surface area (Å²) in [6.07, 6.45) is 1.09. The van der Waals surface area contributed by atoms with E-state index in [0.717, 1.165) is 31.6 Å². The van der Waals surface area contributed by atoms with Crippen LogP contribution in [0.4, 0.5) is 0 Å². The largest absolute Gasteiger partial charge is 0.493 e. The third-order valence-corrected chi connectivity index (χ3v) is 5.73. The first-order chi connectivity index (χ1) is 15.2. The third-order valence-electron chi connectivity index (χ3n) is 5.73. The Balaban J connectivity index is 1.32. The lowest BCUT2D eigenvalue weighted by molar-refractivity contribution is 0.0951. The Morgan fingerprint density at radius 1 is 0.903 bits per heavy atom. The molecule has 1 heterocycles. The first kappa shape index (κ1) is 20.9. The van der Waals surface area contributed by atoms with Crippen LogP contribution in [0.25, 0.3) is 0 Å². The van der Waals surface area contributed by atoms with Gasteiger partial charge >= 0.3 is 0 Å². The van der Waals surface area contributed by atoms with E-state index in [-0.39, 0.29) is 5.91 Å². The van der Waals surface area contributed by atoms with Crippen LogP contribution in [0, 0.1) is 0 Å². The molecule has 0 atom stereocenters. The monoisotopic (exact) mass is 416 g/mol. The van der Waals surface area contributed by atoms with Gasteiger partial charge in [-0.3, -0.25) is 9.69 Å². The molecule has 0 bridgehead atoms. The van der Waals surface area contributed by atoms with Crippen molar-refractivity contribution in [1.82, 2.24) is 10.2 Å². The number of ether oxygens (including phenoxy) is 2. The fourth-order valence-electron chi connectivity index (χ4n) is 3.98. The van der Waals surface area contributed by atoms with Crippen molar-refractivity contribution in [3.63, 3.8) is 0 Å². The number of rotatable bonds is 7. The molecule has 1 amide bonds. The van der Waals surface area contributed by atoms with Gasteiger partial charge in [-0.15, -0.1) is 0 Å². The van der Waals surface area contributed by atoms with Gasteiger partial charge in [-0.1, -0.05) is 42.5 Å². The van der Waals surface area contributed by atoms with E-state index in [1.807, 2.05) is 42.5 Å². The molecule has 0 unspecified atom stereocenters. The Morgan fingerprint density at radius 2 is 1.61 bits per heavy atom. The van der Waals surface area contributed by atoms with Gasteiger partial charge in [0.05, 0.1) is 14.2 Å². The van der Waals surface area contributed by atoms with Gasteiger partial charge in [0.2, 0.25) is 0 Å². The maximum Gasteiger partial charge on any atom is 0.251 e. The molecule has 0 saturated heterocycles. The second kappa shape index (κ2) is 9.67. The molecule has 5 heteroatoms. The minimum absolute atomic E-state index is 0.0896. The second-order valence-corrected chi connectivity index (χ2v) is 7.80. The van der Waals surface area contributed by atoms with Crippen LogP contribution in [0.2, 0.25) is 0 Å². The molecule has 31 heavy (non-hydrogen) atoms. The molecule has 4 rings (SSSR count). The molecule has 0 spiro atoms. The van der Waals surface area contributed by atoms with E-state index in [0.29, 0.717) is 23.6 Å². The predicted molar refractivity (Wildman–Crippen MR) is 121 cm³/mol. The molecule has 1 aliphatic heterocycles. The first-order valence-electron chi connectivity index (χ1n) is 10.5. The quantitative estimate of drug-likeness (QED) is 0.627. The van der Waals surface area contributed by atoms with Gasteiger partial charge in [0, 0.05) is 31.7 Å². The van der Waals surface area contributed by atoms with Crippen LogP contribution in [-0.2, 0) is 26.1 Å². The van der Waals surface area contributed by atoms with Gasteiger partial charge in [0.1, 0.15) is 0 Å². The standard InChI is InChI=1S/C26H28N2O3/c1-30-24-12-9-20(15-25(24)31-2)16-27-26(29)22-10-7-19(8-11-22)17-28-14-13-21-5-3-4-6-23(21)18-28/h3-12,15H,13-14,16-18H2,1-2H3,(H,27,29). The molecule has 3 aromatic carbocycles. The average molecular weight is 417 g/mol. The highest BCUT2D eigenvalue weighted by molar-refractivity contribution is 5.94. The van der Waals surface area contributed by atoms with Crippen LogP contribution in [0.15, 0.2) is 66.7 Å². The number of benzene rings is 3. The van der Waals surface area contributed by atoms with Crippen LogP contribution in [-0.4, -0.2) is 31.6 Å². The smallest absolute Gasteiger partial charge is 0.251 e. The molecule has 0 aromatic heterocycles. The zero-order valence-electron chi connectivity index (χ0n) is 18.1. The van der Waals surface area contributed by atoms with Crippen molar-refractivity contribution in [3.8, 4) is 11.5 Å². The molecule has 0 radical (unpaired) electrons. The normalized spacial score (nSPS) is 13.4. The number of amides is 1. The van der Waals surface area contributed by atoms with Gasteiger partial charge in [0.15, 0.2) is 11.5 Å². The Labute approximate surface area is 183 Å². The van der Waals surface area contributed by atoms with Crippen LogP contribution in [0.3, 0.4) is 0 Å². The lowest BCUT2D eigenvalue weighted by atomic mass is 9.99. The highest BCUT2D eigenvalue weighted by Crippen LogP contribution is 2.27. The number of carbonyl (C=O) groups excluding carboxylic acids is 1. The Morgan fingerprint density at radius 3 is 2.35 bits per heavy atom. The van der Waals surface area contributed by atoms with Crippen LogP contribution >= 0.6 is 0 Å². The summed E-state index contributed by atoms with van der Waals surface area (Å²) in [5.74, 6) is 1.23. The summed E-state index contributed by atoms with van der Waals surface area (Å²) in [6, 6.07) is 22.2. The number of nitrogens with one attached hydrogen (secondary N) is 1. The first-order valence-corrected chi connectivity index (χ1v) is 10.5. The number of nitrogens with zero attached hydrogens (tertiary/aromatic N) is 1. The Kier molecular flexibility index (Phi) is 6.53. The number of hydrogen-bond donors (Lipinski definition) is 1. The minimum atomic E-state index is -0.0896. The molecule has 1 aliphatic rings. The van der Waals surface area contributed by atoms with E-state index in [2.05, 4.69) is 34.5 Å². The van der Waals surface area contributed by atoms with Gasteiger partial charge in [-0.05, 0) is 52.9 Å². The van der Waals surface area contributed by atoms with Crippen molar-refractivity contribution in [1.29, 1.82) is 0 Å². The predicted octanol–water partition coefficient (Wildman–Crippen LogP) is 4.19. The van der Waals surface area contributed by atoms with Gasteiger partial charge in [-0.2, -0.15) is 0 Å². The Hall–Kier alpha value is -3.31. The van der Waals surface area contributed by atoms with Gasteiger partial charge in [0.25, 0.3) is 5.91 Å². The maximum atomic E-state index is 12.6. The average Bonchev–Trinajstić information content (AvgIpc) is 2.82. The second-order valence-electron chi connectivity index (χ2n) is 7.80. The Bertz CT molecular complexity index is 1050. The summed E-state index contributed by atoms with van der Waals surface area (Å²) in [5.41, 5.74) is 5.71. The highest BCUT2D eigenvalue weighted by Gasteiger charge is 2.16. The number of carbonyl (C=O) groups is 1. The van der Waals surface area contributed by atoms with Gasteiger partial charge in [-0.25, -0.2) is 0 Å². The van der Waals surface area contributed by atoms with E-state index in [1.165, 1.54) is 16.7 Å². The lowest BCUT2D eigenvalue weighted by Gasteiger charge is -2.28. The van der Waals surface area contributed by atoms with Crippen LogP contribution in [0.1, 0.15) is 32.6 Å². The summed E-state index contributed by atoms with van der Waals surface area (Å²) in [7, 11) is 3.21. The molecular formula is C26H28N2O3. The SMILES string of the molecule is COc1ccc(CNC(=O)c2ccc(CN3CCc4ccccc4C3)cc2)cc1OC. The van der Waals surface area contributed by atoms with Crippen molar-refractivity contribution < 1.29 is 14.3 Å². The molecule has 0 aliphatic carbocycles. The molecule has 5 nitrogen and oxygen atoms in total. The fourth-order valence-corrected chi connectivity index (χ4v) is 3.98. The fraction of sp³-hybridized carbons (Fsp3) is 0.269. The lowest BCUT2D eigenvalue weighted by Crippen LogP contribution is -2.30. The van der Waals surface area contributed by atoms with E-state index in [4.69, 9.17) is 9.47 Å². The number of fused-ring (bicyclic) bond motifs is 1. The highest BCUT2D eigenvalue weighted by atomic mass is 16.5. The summed E-state index contributed by atoms with van der Waals surface area (Å²) < 4.78 is 10.6. The third kappa shape index (κ3) is 5.06. The molecule has 0 fully saturated rings. The molecule has 0 saturated carbocycles. The van der Waals surface area contributed by atoms with Crippen LogP contribution < -0.4 is 14.8 Å². The summed E-state index contributed by atoms with van der Waals surface area (Å²) in [5, 5.41) is 2.97.